The third kappa shape index (κ3) is 3.32. The highest BCUT2D eigenvalue weighted by molar-refractivity contribution is 7.76. The molecule has 0 unspecified atom stereocenters. The maximum atomic E-state index is 13.4. The van der Waals surface area contributed by atoms with Crippen molar-refractivity contribution in [3.05, 3.63) is 60.7 Å². The number of hydrogen-bond acceptors (Lipinski definition) is 2. The maximum absolute atomic E-state index is 13.4. The van der Waals surface area contributed by atoms with Crippen LogP contribution in [-0.4, -0.2) is 25.7 Å². The van der Waals surface area contributed by atoms with Crippen molar-refractivity contribution in [2.75, 3.05) is 20.8 Å². The topological polar surface area (TPSA) is 32.3 Å². The van der Waals surface area contributed by atoms with Crippen LogP contribution < -0.4 is 15.7 Å². The summed E-state index contributed by atoms with van der Waals surface area (Å²) in [6, 6.07) is 19.2. The Morgan fingerprint density at radius 2 is 1.32 bits per heavy atom. The van der Waals surface area contributed by atoms with Crippen LogP contribution in [0.1, 0.15) is 0 Å². The van der Waals surface area contributed by atoms with Gasteiger partial charge in [-0.2, -0.15) is 0 Å². The summed E-state index contributed by atoms with van der Waals surface area (Å²) in [4.78, 5) is 1.97. The lowest BCUT2D eigenvalue weighted by Gasteiger charge is -2.22. The first kappa shape index (κ1) is 14.0. The molecule has 2 aromatic carbocycles. The Balaban J connectivity index is 2.42. The van der Waals surface area contributed by atoms with E-state index in [9.17, 15) is 4.57 Å². The van der Waals surface area contributed by atoms with E-state index in [0.717, 1.165) is 10.6 Å². The lowest BCUT2D eigenvalue weighted by Crippen LogP contribution is -2.33. The molecule has 1 N–H and O–H groups in total. The summed E-state index contributed by atoms with van der Waals surface area (Å²) < 4.78 is 13.4. The second kappa shape index (κ2) is 6.16. The fourth-order valence-electron chi connectivity index (χ4n) is 1.85. The molecular weight excluding hydrogens is 255 g/mol. The van der Waals surface area contributed by atoms with Crippen LogP contribution in [0.3, 0.4) is 0 Å². The van der Waals surface area contributed by atoms with Crippen molar-refractivity contribution in [2.24, 2.45) is 0 Å². The summed E-state index contributed by atoms with van der Waals surface area (Å²) in [5.41, 5.74) is 0. The molecule has 4 heteroatoms. The van der Waals surface area contributed by atoms with Gasteiger partial charge >= 0.3 is 0 Å². The molecular formula is C15H19N2OP. The molecule has 0 amide bonds. The Morgan fingerprint density at radius 1 is 0.895 bits per heavy atom. The van der Waals surface area contributed by atoms with Gasteiger partial charge in [-0.05, 0) is 38.4 Å². The number of rotatable bonds is 5. The van der Waals surface area contributed by atoms with Gasteiger partial charge < -0.3 is 0 Å². The van der Waals surface area contributed by atoms with Crippen molar-refractivity contribution in [1.82, 2.24) is 9.99 Å². The summed E-state index contributed by atoms with van der Waals surface area (Å²) in [6.45, 7) is 0.571. The van der Waals surface area contributed by atoms with Crippen molar-refractivity contribution in [1.29, 1.82) is 0 Å². The SMILES string of the molecule is CN(C)CNP(=O)(c1ccccc1)c1ccccc1. The second-order valence-corrected chi connectivity index (χ2v) is 7.24. The average molecular weight is 274 g/mol. The van der Waals surface area contributed by atoms with Crippen LogP contribution in [0.4, 0.5) is 0 Å². The molecule has 3 nitrogen and oxygen atoms in total. The minimum atomic E-state index is -2.77. The highest BCUT2D eigenvalue weighted by Gasteiger charge is 2.26. The van der Waals surface area contributed by atoms with E-state index in [1.165, 1.54) is 0 Å². The van der Waals surface area contributed by atoms with Crippen LogP contribution in [0.15, 0.2) is 60.7 Å². The summed E-state index contributed by atoms with van der Waals surface area (Å²) in [5, 5.41) is 4.88. The van der Waals surface area contributed by atoms with Gasteiger partial charge in [0.05, 0.1) is 6.67 Å². The Bertz CT molecular complexity index is 511. The minimum absolute atomic E-state index is 0.571. The van der Waals surface area contributed by atoms with E-state index >= 15 is 0 Å². The van der Waals surface area contributed by atoms with Crippen LogP contribution >= 0.6 is 7.29 Å². The first-order valence-electron chi connectivity index (χ1n) is 6.24. The van der Waals surface area contributed by atoms with E-state index in [1.807, 2.05) is 79.7 Å². The zero-order valence-electron chi connectivity index (χ0n) is 11.3. The van der Waals surface area contributed by atoms with Crippen molar-refractivity contribution >= 4 is 17.9 Å². The van der Waals surface area contributed by atoms with Crippen LogP contribution in [0, 0.1) is 0 Å². The first-order valence-corrected chi connectivity index (χ1v) is 7.95. The van der Waals surface area contributed by atoms with Gasteiger partial charge in [0.1, 0.15) is 0 Å². The van der Waals surface area contributed by atoms with Gasteiger partial charge in [0.15, 0.2) is 0 Å². The predicted molar refractivity (Wildman–Crippen MR) is 81.4 cm³/mol. The molecule has 0 saturated carbocycles. The Morgan fingerprint density at radius 3 is 1.68 bits per heavy atom. The molecule has 2 aromatic rings. The van der Waals surface area contributed by atoms with E-state index in [1.54, 1.807) is 0 Å². The van der Waals surface area contributed by atoms with Gasteiger partial charge in [-0.1, -0.05) is 36.4 Å². The lowest BCUT2D eigenvalue weighted by atomic mass is 10.4. The third-order valence-corrected chi connectivity index (χ3v) is 5.49. The molecule has 0 bridgehead atoms. The molecule has 0 spiro atoms. The summed E-state index contributed by atoms with van der Waals surface area (Å²) >= 11 is 0. The molecule has 0 fully saturated rings. The van der Waals surface area contributed by atoms with Crippen molar-refractivity contribution in [2.45, 2.75) is 0 Å². The zero-order chi connectivity index (χ0) is 13.7. The van der Waals surface area contributed by atoms with Gasteiger partial charge in [-0.15, -0.1) is 0 Å². The zero-order valence-corrected chi connectivity index (χ0v) is 12.2. The van der Waals surface area contributed by atoms with Crippen LogP contribution in [0.5, 0.6) is 0 Å². The van der Waals surface area contributed by atoms with Crippen molar-refractivity contribution < 1.29 is 4.57 Å². The van der Waals surface area contributed by atoms with Gasteiger partial charge in [-0.25, -0.2) is 5.09 Å². The van der Waals surface area contributed by atoms with E-state index in [-0.39, 0.29) is 0 Å². The molecule has 19 heavy (non-hydrogen) atoms. The fraction of sp³-hybridized carbons (Fsp3) is 0.200. The lowest BCUT2D eigenvalue weighted by molar-refractivity contribution is 0.401. The molecule has 0 aliphatic rings. The van der Waals surface area contributed by atoms with Crippen LogP contribution in [0.25, 0.3) is 0 Å². The van der Waals surface area contributed by atoms with E-state index in [2.05, 4.69) is 5.09 Å². The molecule has 0 aliphatic heterocycles. The van der Waals surface area contributed by atoms with Crippen LogP contribution in [0.2, 0.25) is 0 Å². The first-order chi connectivity index (χ1) is 9.13. The highest BCUT2D eigenvalue weighted by Crippen LogP contribution is 2.38. The third-order valence-electron chi connectivity index (χ3n) is 2.85. The number of nitrogens with zero attached hydrogens (tertiary/aromatic N) is 1. The largest absolute Gasteiger partial charge is 0.296 e. The van der Waals surface area contributed by atoms with Gasteiger partial charge in [-0.3, -0.25) is 9.46 Å². The fourth-order valence-corrected chi connectivity index (χ4v) is 4.18. The average Bonchev–Trinajstić information content (AvgIpc) is 2.46. The Kier molecular flexibility index (Phi) is 4.54. The molecule has 100 valence electrons. The molecule has 2 rings (SSSR count). The molecule has 0 radical (unpaired) electrons. The second-order valence-electron chi connectivity index (χ2n) is 4.68. The predicted octanol–water partition coefficient (Wildman–Crippen LogP) is 2.02. The van der Waals surface area contributed by atoms with E-state index in [4.69, 9.17) is 0 Å². The number of hydrogen-bond donors (Lipinski definition) is 1. The number of nitrogens with one attached hydrogen (secondary N) is 1. The van der Waals surface area contributed by atoms with E-state index in [0.29, 0.717) is 6.67 Å². The molecule has 0 aromatic heterocycles. The van der Waals surface area contributed by atoms with Crippen LogP contribution in [-0.2, 0) is 4.57 Å². The quantitative estimate of drug-likeness (QED) is 0.669. The minimum Gasteiger partial charge on any atom is -0.296 e. The van der Waals surface area contributed by atoms with Crippen molar-refractivity contribution in [3.63, 3.8) is 0 Å². The smallest absolute Gasteiger partial charge is 0.205 e. The van der Waals surface area contributed by atoms with Gasteiger partial charge in [0.25, 0.3) is 0 Å². The maximum Gasteiger partial charge on any atom is 0.205 e. The normalized spacial score (nSPS) is 11.7. The summed E-state index contributed by atoms with van der Waals surface area (Å²) in [6.07, 6.45) is 0. The standard InChI is InChI=1S/C15H19N2OP/c1-17(2)13-16-19(18,14-9-5-3-6-10-14)15-11-7-4-8-12-15/h3-12H,13H2,1-2H3,(H,16,18). The van der Waals surface area contributed by atoms with Gasteiger partial charge in [0, 0.05) is 10.6 Å². The Labute approximate surface area is 114 Å². The van der Waals surface area contributed by atoms with E-state index < -0.39 is 7.29 Å². The van der Waals surface area contributed by atoms with Gasteiger partial charge in [0.2, 0.25) is 7.29 Å². The van der Waals surface area contributed by atoms with Crippen molar-refractivity contribution in [3.8, 4) is 0 Å². The summed E-state index contributed by atoms with van der Waals surface area (Å²) in [7, 11) is 1.13. The monoisotopic (exact) mass is 274 g/mol. The highest BCUT2D eigenvalue weighted by atomic mass is 31.2. The number of benzene rings is 2. The summed E-state index contributed by atoms with van der Waals surface area (Å²) in [5.74, 6) is 0. The molecule has 0 aliphatic carbocycles. The molecule has 0 saturated heterocycles. The Hall–Kier alpha value is -1.41. The molecule has 0 atom stereocenters. The molecule has 0 heterocycles.